The third kappa shape index (κ3) is 4.98. The fourth-order valence-corrected chi connectivity index (χ4v) is 4.11. The molecule has 1 amide bonds. The van der Waals surface area contributed by atoms with Crippen molar-refractivity contribution in [1.29, 1.82) is 0 Å². The number of nitrogens with zero attached hydrogens (tertiary/aromatic N) is 2. The lowest BCUT2D eigenvalue weighted by atomic mass is 9.94. The second-order valence-electron chi connectivity index (χ2n) is 8.28. The van der Waals surface area contributed by atoms with E-state index in [2.05, 4.69) is 4.98 Å². The highest BCUT2D eigenvalue weighted by Crippen LogP contribution is 2.40. The minimum Gasteiger partial charge on any atom is -0.507 e. The molecule has 8 nitrogen and oxygen atoms in total. The maximum atomic E-state index is 13.3. The molecule has 36 heavy (non-hydrogen) atoms. The molecular formula is C28H26N2O6. The maximum absolute atomic E-state index is 13.3. The van der Waals surface area contributed by atoms with Crippen molar-refractivity contribution in [1.82, 2.24) is 9.88 Å². The minimum atomic E-state index is -0.878. The van der Waals surface area contributed by atoms with Gasteiger partial charge in [0.05, 0.1) is 30.9 Å². The lowest BCUT2D eigenvalue weighted by molar-refractivity contribution is -0.140. The van der Waals surface area contributed by atoms with Crippen LogP contribution in [0.15, 0.2) is 78.6 Å². The quantitative estimate of drug-likeness (QED) is 0.219. The number of aromatic nitrogens is 1. The summed E-state index contributed by atoms with van der Waals surface area (Å²) in [6.45, 7) is 2.60. The van der Waals surface area contributed by atoms with E-state index >= 15 is 0 Å². The van der Waals surface area contributed by atoms with Gasteiger partial charge in [0.1, 0.15) is 11.5 Å². The zero-order valence-corrected chi connectivity index (χ0v) is 20.0. The number of hydrogen-bond donors (Lipinski definition) is 1. The largest absolute Gasteiger partial charge is 0.507 e. The Hall–Kier alpha value is -4.46. The van der Waals surface area contributed by atoms with Gasteiger partial charge in [-0.2, -0.15) is 0 Å². The number of Topliss-reactive ketones (excluding diaryl/α,β-unsaturated/α-hetero) is 1. The van der Waals surface area contributed by atoms with Gasteiger partial charge in [-0.15, -0.1) is 0 Å². The molecule has 1 aliphatic rings. The number of likely N-dealkylation sites (tertiary alicyclic amines) is 1. The van der Waals surface area contributed by atoms with Gasteiger partial charge in [0.25, 0.3) is 11.7 Å². The van der Waals surface area contributed by atoms with Crippen LogP contribution in [0, 0.1) is 0 Å². The first-order valence-electron chi connectivity index (χ1n) is 11.5. The smallest absolute Gasteiger partial charge is 0.337 e. The molecule has 184 valence electrons. The predicted molar refractivity (Wildman–Crippen MR) is 132 cm³/mol. The van der Waals surface area contributed by atoms with E-state index in [0.717, 1.165) is 12.0 Å². The first kappa shape index (κ1) is 24.7. The van der Waals surface area contributed by atoms with Crippen LogP contribution in [0.5, 0.6) is 5.75 Å². The molecular weight excluding hydrogens is 460 g/mol. The lowest BCUT2D eigenvalue weighted by Gasteiger charge is -2.25. The summed E-state index contributed by atoms with van der Waals surface area (Å²) < 4.78 is 10.4. The number of rotatable bonds is 8. The number of amides is 1. The fraction of sp³-hybridized carbons (Fsp3) is 0.214. The second-order valence-corrected chi connectivity index (χ2v) is 8.28. The maximum Gasteiger partial charge on any atom is 0.337 e. The van der Waals surface area contributed by atoms with Gasteiger partial charge in [0, 0.05) is 24.5 Å². The van der Waals surface area contributed by atoms with Gasteiger partial charge >= 0.3 is 5.97 Å². The average Bonchev–Trinajstić information content (AvgIpc) is 3.16. The molecule has 1 aromatic heterocycles. The van der Waals surface area contributed by atoms with E-state index in [1.165, 1.54) is 12.0 Å². The van der Waals surface area contributed by atoms with E-state index in [1.54, 1.807) is 73.1 Å². The van der Waals surface area contributed by atoms with Crippen LogP contribution in [0.25, 0.3) is 5.76 Å². The number of hydrogen-bond acceptors (Lipinski definition) is 7. The molecule has 1 saturated heterocycles. The standard InChI is InChI=1S/C28H26N2O6/c1-3-14-36-22-8-4-7-21(15-22)25(31)23-24(19-9-11-20(12-10-19)28(34)35-2)30(27(33)26(23)32)17-18-6-5-13-29-16-18/h4-13,15-16,24,31H,3,14,17H2,1-2H3. The molecule has 1 atom stereocenters. The molecule has 1 N–H and O–H groups in total. The summed E-state index contributed by atoms with van der Waals surface area (Å²) in [5, 5.41) is 11.3. The highest BCUT2D eigenvalue weighted by atomic mass is 16.5. The van der Waals surface area contributed by atoms with Gasteiger partial charge in [0.2, 0.25) is 0 Å². The highest BCUT2D eigenvalue weighted by molar-refractivity contribution is 6.46. The molecule has 0 spiro atoms. The topological polar surface area (TPSA) is 106 Å². The molecule has 0 bridgehead atoms. The van der Waals surface area contributed by atoms with E-state index in [4.69, 9.17) is 9.47 Å². The van der Waals surface area contributed by atoms with Crippen LogP contribution in [-0.2, 0) is 20.9 Å². The molecule has 3 aromatic rings. The third-order valence-electron chi connectivity index (χ3n) is 5.84. The van der Waals surface area contributed by atoms with Crippen LogP contribution in [0.1, 0.15) is 46.4 Å². The first-order chi connectivity index (χ1) is 17.4. The van der Waals surface area contributed by atoms with Gasteiger partial charge < -0.3 is 19.5 Å². The van der Waals surface area contributed by atoms with Crippen molar-refractivity contribution >= 4 is 23.4 Å². The molecule has 1 fully saturated rings. The number of carbonyl (C=O) groups is 3. The molecule has 0 aliphatic carbocycles. The van der Waals surface area contributed by atoms with Crippen LogP contribution in [-0.4, -0.2) is 46.4 Å². The summed E-state index contributed by atoms with van der Waals surface area (Å²) in [5.41, 5.74) is 1.93. The Balaban J connectivity index is 1.82. The van der Waals surface area contributed by atoms with Crippen molar-refractivity contribution in [3.8, 4) is 5.75 Å². The Morgan fingerprint density at radius 1 is 1.06 bits per heavy atom. The number of pyridine rings is 1. The minimum absolute atomic E-state index is 0.0395. The summed E-state index contributed by atoms with van der Waals surface area (Å²) in [7, 11) is 1.29. The monoisotopic (exact) mass is 486 g/mol. The van der Waals surface area contributed by atoms with Crippen LogP contribution < -0.4 is 4.74 Å². The Labute approximate surface area is 208 Å². The normalized spacial score (nSPS) is 16.7. The van der Waals surface area contributed by atoms with E-state index in [9.17, 15) is 19.5 Å². The Morgan fingerprint density at radius 2 is 1.83 bits per heavy atom. The van der Waals surface area contributed by atoms with Gasteiger partial charge in [-0.05, 0) is 47.9 Å². The number of methoxy groups -OCH3 is 1. The second kappa shape index (κ2) is 10.9. The Morgan fingerprint density at radius 3 is 2.50 bits per heavy atom. The fourth-order valence-electron chi connectivity index (χ4n) is 4.11. The number of ether oxygens (including phenoxy) is 2. The summed E-state index contributed by atoms with van der Waals surface area (Å²) in [5.74, 6) is -1.79. The predicted octanol–water partition coefficient (Wildman–Crippen LogP) is 4.28. The molecule has 0 radical (unpaired) electrons. The van der Waals surface area contributed by atoms with Crippen molar-refractivity contribution in [2.45, 2.75) is 25.9 Å². The molecule has 1 unspecified atom stereocenters. The van der Waals surface area contributed by atoms with E-state index in [1.807, 2.05) is 6.92 Å². The number of benzene rings is 2. The van der Waals surface area contributed by atoms with Crippen LogP contribution in [0.3, 0.4) is 0 Å². The molecule has 1 aliphatic heterocycles. The van der Waals surface area contributed by atoms with Crippen molar-refractivity contribution < 1.29 is 29.0 Å². The van der Waals surface area contributed by atoms with Gasteiger partial charge in [-0.3, -0.25) is 14.6 Å². The highest BCUT2D eigenvalue weighted by Gasteiger charge is 2.46. The zero-order chi connectivity index (χ0) is 25.7. The van der Waals surface area contributed by atoms with E-state index < -0.39 is 23.7 Å². The van der Waals surface area contributed by atoms with Crippen LogP contribution >= 0.6 is 0 Å². The molecule has 8 heteroatoms. The van der Waals surface area contributed by atoms with Crippen molar-refractivity contribution in [2.24, 2.45) is 0 Å². The lowest BCUT2D eigenvalue weighted by Crippen LogP contribution is -2.29. The van der Waals surface area contributed by atoms with E-state index in [0.29, 0.717) is 29.0 Å². The number of esters is 1. The molecule has 2 heterocycles. The van der Waals surface area contributed by atoms with E-state index in [-0.39, 0.29) is 17.9 Å². The summed E-state index contributed by atoms with van der Waals surface area (Å²) >= 11 is 0. The van der Waals surface area contributed by atoms with Crippen molar-refractivity contribution in [3.05, 3.63) is 101 Å². The number of aliphatic hydroxyl groups is 1. The van der Waals surface area contributed by atoms with Gasteiger partial charge in [-0.25, -0.2) is 4.79 Å². The summed E-state index contributed by atoms with van der Waals surface area (Å²) in [4.78, 5) is 43.8. The molecule has 0 saturated carbocycles. The van der Waals surface area contributed by atoms with Crippen molar-refractivity contribution in [2.75, 3.05) is 13.7 Å². The number of ketones is 1. The van der Waals surface area contributed by atoms with Crippen molar-refractivity contribution in [3.63, 3.8) is 0 Å². The summed E-state index contributed by atoms with van der Waals surface area (Å²) in [6.07, 6.45) is 4.05. The third-order valence-corrected chi connectivity index (χ3v) is 5.84. The molecule has 4 rings (SSSR count). The van der Waals surface area contributed by atoms with Crippen LogP contribution in [0.2, 0.25) is 0 Å². The SMILES string of the molecule is CCCOc1cccc(C(O)=C2C(=O)C(=O)N(Cc3cccnc3)C2c2ccc(C(=O)OC)cc2)c1. The number of carbonyl (C=O) groups excluding carboxylic acids is 3. The number of aliphatic hydroxyl groups excluding tert-OH is 1. The Kier molecular flexibility index (Phi) is 7.44. The van der Waals surface area contributed by atoms with Gasteiger partial charge in [-0.1, -0.05) is 37.3 Å². The molecule has 2 aromatic carbocycles. The first-order valence-corrected chi connectivity index (χ1v) is 11.5. The zero-order valence-electron chi connectivity index (χ0n) is 20.0. The Bertz CT molecular complexity index is 1300. The van der Waals surface area contributed by atoms with Crippen LogP contribution in [0.4, 0.5) is 0 Å². The summed E-state index contributed by atoms with van der Waals surface area (Å²) in [6, 6.07) is 15.8. The van der Waals surface area contributed by atoms with Gasteiger partial charge in [0.15, 0.2) is 0 Å². The average molecular weight is 487 g/mol.